The van der Waals surface area contributed by atoms with Crippen molar-refractivity contribution in [2.75, 3.05) is 0 Å². The first-order valence-electron chi connectivity index (χ1n) is 4.66. The zero-order valence-corrected chi connectivity index (χ0v) is 9.36. The van der Waals surface area contributed by atoms with Crippen LogP contribution in [0.1, 0.15) is 31.9 Å². The smallest absolute Gasteiger partial charge is 0.0476 e. The van der Waals surface area contributed by atoms with Crippen molar-refractivity contribution in [3.63, 3.8) is 0 Å². The molecular formula is C12H17Cl. The third-order valence-corrected chi connectivity index (χ3v) is 2.27. The first-order valence-corrected chi connectivity index (χ1v) is 5.19. The normalized spacial score (nSPS) is 11.7. The summed E-state index contributed by atoms with van der Waals surface area (Å²) < 4.78 is 0. The van der Waals surface area contributed by atoms with E-state index in [4.69, 9.17) is 11.6 Å². The van der Waals surface area contributed by atoms with Gasteiger partial charge in [0.2, 0.25) is 0 Å². The summed E-state index contributed by atoms with van der Waals surface area (Å²) in [5.74, 6) is 0.617. The first-order chi connectivity index (χ1) is 6.03. The van der Waals surface area contributed by atoms with Gasteiger partial charge in [-0.2, -0.15) is 0 Å². The van der Waals surface area contributed by atoms with Crippen molar-refractivity contribution < 1.29 is 0 Å². The average molecular weight is 197 g/mol. The van der Waals surface area contributed by atoms with E-state index in [0.29, 0.717) is 11.3 Å². The van der Waals surface area contributed by atoms with E-state index in [0.717, 1.165) is 6.42 Å². The lowest BCUT2D eigenvalue weighted by atomic mass is 9.86. The molecule has 0 saturated heterocycles. The summed E-state index contributed by atoms with van der Waals surface area (Å²) in [5, 5.41) is 0. The molecule has 0 atom stereocenters. The summed E-state index contributed by atoms with van der Waals surface area (Å²) in [4.78, 5) is 0. The van der Waals surface area contributed by atoms with Crippen molar-refractivity contribution in [3.05, 3.63) is 35.4 Å². The number of rotatable bonds is 2. The fourth-order valence-corrected chi connectivity index (χ4v) is 1.69. The second kappa shape index (κ2) is 4.15. The molecule has 0 aliphatic carbocycles. The Kier molecular flexibility index (Phi) is 3.38. The van der Waals surface area contributed by atoms with Crippen molar-refractivity contribution in [3.8, 4) is 0 Å². The van der Waals surface area contributed by atoms with E-state index >= 15 is 0 Å². The van der Waals surface area contributed by atoms with Crippen molar-refractivity contribution in [1.82, 2.24) is 0 Å². The Hall–Kier alpha value is -0.490. The van der Waals surface area contributed by atoms with Crippen LogP contribution in [0.15, 0.2) is 24.3 Å². The lowest BCUT2D eigenvalue weighted by Crippen LogP contribution is -2.10. The fraction of sp³-hybridized carbons (Fsp3) is 0.500. The molecule has 0 aromatic heterocycles. The van der Waals surface area contributed by atoms with Crippen LogP contribution in [0, 0.1) is 5.41 Å². The van der Waals surface area contributed by atoms with Crippen LogP contribution < -0.4 is 0 Å². The van der Waals surface area contributed by atoms with Crippen LogP contribution in [-0.4, -0.2) is 0 Å². The molecular weight excluding hydrogens is 180 g/mol. The van der Waals surface area contributed by atoms with Gasteiger partial charge in [0.25, 0.3) is 0 Å². The molecule has 1 aromatic carbocycles. The summed E-state index contributed by atoms with van der Waals surface area (Å²) in [6.45, 7) is 6.74. The van der Waals surface area contributed by atoms with Gasteiger partial charge in [-0.15, -0.1) is 11.6 Å². The summed E-state index contributed by atoms with van der Waals surface area (Å²) in [5.41, 5.74) is 2.98. The van der Waals surface area contributed by atoms with Crippen molar-refractivity contribution in [2.45, 2.75) is 33.1 Å². The molecule has 1 heteroatoms. The molecule has 0 saturated carbocycles. The van der Waals surface area contributed by atoms with Gasteiger partial charge in [0.15, 0.2) is 0 Å². The Balaban J connectivity index is 2.87. The van der Waals surface area contributed by atoms with E-state index in [9.17, 15) is 0 Å². The fourth-order valence-electron chi connectivity index (χ4n) is 1.43. The quantitative estimate of drug-likeness (QED) is 0.627. The lowest BCUT2D eigenvalue weighted by Gasteiger charge is -2.19. The highest BCUT2D eigenvalue weighted by atomic mass is 35.5. The molecule has 1 aromatic rings. The molecule has 0 nitrogen and oxygen atoms in total. The van der Waals surface area contributed by atoms with Crippen LogP contribution in [0.4, 0.5) is 0 Å². The van der Waals surface area contributed by atoms with E-state index in [1.807, 2.05) is 6.07 Å². The maximum atomic E-state index is 5.86. The molecule has 0 N–H and O–H groups in total. The van der Waals surface area contributed by atoms with Crippen LogP contribution in [0.25, 0.3) is 0 Å². The van der Waals surface area contributed by atoms with Gasteiger partial charge in [0.05, 0.1) is 0 Å². The van der Waals surface area contributed by atoms with E-state index in [-0.39, 0.29) is 0 Å². The number of alkyl halides is 1. The molecule has 0 spiro atoms. The number of benzene rings is 1. The predicted octanol–water partition coefficient (Wildman–Crippen LogP) is 4.01. The molecule has 0 heterocycles. The monoisotopic (exact) mass is 196 g/mol. The minimum Gasteiger partial charge on any atom is -0.122 e. The lowest BCUT2D eigenvalue weighted by molar-refractivity contribution is 0.410. The SMILES string of the molecule is CC(C)(C)Cc1ccccc1CCl. The molecule has 0 amide bonds. The first kappa shape index (κ1) is 10.6. The van der Waals surface area contributed by atoms with Crippen LogP contribution in [-0.2, 0) is 12.3 Å². The molecule has 0 aliphatic heterocycles. The molecule has 0 unspecified atom stereocenters. The Bertz CT molecular complexity index is 271. The van der Waals surface area contributed by atoms with Gasteiger partial charge < -0.3 is 0 Å². The Morgan fingerprint density at radius 3 is 2.08 bits per heavy atom. The Labute approximate surface area is 85.9 Å². The molecule has 0 aliphatic rings. The molecule has 1 rings (SSSR count). The third-order valence-electron chi connectivity index (χ3n) is 1.98. The maximum Gasteiger partial charge on any atom is 0.0476 e. The highest BCUT2D eigenvalue weighted by Gasteiger charge is 2.12. The summed E-state index contributed by atoms with van der Waals surface area (Å²) >= 11 is 5.86. The van der Waals surface area contributed by atoms with Gasteiger partial charge in [0.1, 0.15) is 0 Å². The highest BCUT2D eigenvalue weighted by molar-refractivity contribution is 6.17. The minimum absolute atomic E-state index is 0.335. The third kappa shape index (κ3) is 3.40. The van der Waals surface area contributed by atoms with Gasteiger partial charge in [0, 0.05) is 5.88 Å². The van der Waals surface area contributed by atoms with Gasteiger partial charge >= 0.3 is 0 Å². The maximum absolute atomic E-state index is 5.86. The zero-order valence-electron chi connectivity index (χ0n) is 8.60. The van der Waals surface area contributed by atoms with Gasteiger partial charge in [-0.3, -0.25) is 0 Å². The average Bonchev–Trinajstić information content (AvgIpc) is 2.02. The molecule has 72 valence electrons. The largest absolute Gasteiger partial charge is 0.122 e. The summed E-state index contributed by atoms with van der Waals surface area (Å²) in [7, 11) is 0. The van der Waals surface area contributed by atoms with Crippen LogP contribution in [0.2, 0.25) is 0 Å². The summed E-state index contributed by atoms with van der Waals surface area (Å²) in [6.07, 6.45) is 1.09. The standard InChI is InChI=1S/C12H17Cl/c1-12(2,3)8-10-6-4-5-7-11(10)9-13/h4-7H,8-9H2,1-3H3. The molecule has 0 bridgehead atoms. The zero-order chi connectivity index (χ0) is 9.90. The highest BCUT2D eigenvalue weighted by Crippen LogP contribution is 2.23. The molecule has 0 fully saturated rings. The van der Waals surface area contributed by atoms with Crippen LogP contribution in [0.3, 0.4) is 0 Å². The van der Waals surface area contributed by atoms with Gasteiger partial charge in [-0.1, -0.05) is 45.0 Å². The van der Waals surface area contributed by atoms with E-state index in [1.54, 1.807) is 0 Å². The van der Waals surface area contributed by atoms with E-state index < -0.39 is 0 Å². The van der Waals surface area contributed by atoms with Gasteiger partial charge in [-0.25, -0.2) is 0 Å². The van der Waals surface area contributed by atoms with Crippen LogP contribution >= 0.6 is 11.6 Å². The van der Waals surface area contributed by atoms with Crippen molar-refractivity contribution in [2.24, 2.45) is 5.41 Å². The topological polar surface area (TPSA) is 0 Å². The van der Waals surface area contributed by atoms with Gasteiger partial charge in [-0.05, 0) is 23.0 Å². The van der Waals surface area contributed by atoms with E-state index in [2.05, 4.69) is 39.0 Å². The Morgan fingerprint density at radius 2 is 1.62 bits per heavy atom. The van der Waals surface area contributed by atoms with Crippen molar-refractivity contribution in [1.29, 1.82) is 0 Å². The summed E-state index contributed by atoms with van der Waals surface area (Å²) in [6, 6.07) is 8.40. The minimum atomic E-state index is 0.335. The van der Waals surface area contributed by atoms with Crippen LogP contribution in [0.5, 0.6) is 0 Å². The molecule has 0 radical (unpaired) electrons. The second-order valence-corrected chi connectivity index (χ2v) is 4.91. The second-order valence-electron chi connectivity index (χ2n) is 4.64. The number of hydrogen-bond acceptors (Lipinski definition) is 0. The Morgan fingerprint density at radius 1 is 1.08 bits per heavy atom. The predicted molar refractivity (Wildman–Crippen MR) is 59.2 cm³/mol. The van der Waals surface area contributed by atoms with Crippen molar-refractivity contribution >= 4 is 11.6 Å². The number of halogens is 1. The molecule has 13 heavy (non-hydrogen) atoms. The number of hydrogen-bond donors (Lipinski definition) is 0. The van der Waals surface area contributed by atoms with E-state index in [1.165, 1.54) is 11.1 Å².